The molecule has 2 heterocycles. The smallest absolute Gasteiger partial charge is 0.330 e. The molecule has 0 saturated heterocycles. The fraction of sp³-hybridized carbons (Fsp3) is 0.227. The van der Waals surface area contributed by atoms with Crippen LogP contribution in [-0.4, -0.2) is 38.9 Å². The standard InChI is InChI=1S/C22H19N3O5/c1-2-18-23-19(30-24-18)13-29-22(28)17(12-14-8-4-3-5-9-14)25-20(26)15-10-6-7-11-16(15)21(25)27/h3-11,17H,2,12-13H2,1H3/t17-/m0/s1. The summed E-state index contributed by atoms with van der Waals surface area (Å²) in [6.07, 6.45) is 0.721. The van der Waals surface area contributed by atoms with Crippen LogP contribution in [0.3, 0.4) is 0 Å². The zero-order chi connectivity index (χ0) is 21.1. The SMILES string of the molecule is CCc1noc(COC(=O)[C@H](Cc2ccccc2)N2C(=O)c3ccccc3C2=O)n1. The Kier molecular flexibility index (Phi) is 5.38. The molecule has 3 aromatic rings. The number of rotatable bonds is 7. The monoisotopic (exact) mass is 405 g/mol. The normalized spacial score (nSPS) is 14.0. The molecule has 0 N–H and O–H groups in total. The molecule has 0 radical (unpaired) electrons. The van der Waals surface area contributed by atoms with Crippen LogP contribution in [0.25, 0.3) is 0 Å². The summed E-state index contributed by atoms with van der Waals surface area (Å²) in [5.74, 6) is -1.09. The number of aryl methyl sites for hydroxylation is 1. The van der Waals surface area contributed by atoms with E-state index in [1.807, 2.05) is 37.3 Å². The van der Waals surface area contributed by atoms with Crippen LogP contribution in [0.5, 0.6) is 0 Å². The summed E-state index contributed by atoms with van der Waals surface area (Å²) in [6.45, 7) is 1.64. The van der Waals surface area contributed by atoms with E-state index < -0.39 is 23.8 Å². The Hall–Kier alpha value is -3.81. The molecule has 0 bridgehead atoms. The fourth-order valence-electron chi connectivity index (χ4n) is 3.33. The molecule has 1 atom stereocenters. The molecule has 4 rings (SSSR count). The lowest BCUT2D eigenvalue weighted by Crippen LogP contribution is -2.47. The topological polar surface area (TPSA) is 103 Å². The van der Waals surface area contributed by atoms with E-state index in [-0.39, 0.29) is 30.0 Å². The zero-order valence-electron chi connectivity index (χ0n) is 16.3. The van der Waals surface area contributed by atoms with Crippen LogP contribution in [0.15, 0.2) is 59.1 Å². The Morgan fingerprint density at radius 2 is 1.67 bits per heavy atom. The molecule has 0 aliphatic carbocycles. The Labute approximate surface area is 172 Å². The molecule has 0 fully saturated rings. The van der Waals surface area contributed by atoms with Crippen LogP contribution in [0.4, 0.5) is 0 Å². The maximum absolute atomic E-state index is 13.0. The minimum absolute atomic E-state index is 0.134. The summed E-state index contributed by atoms with van der Waals surface area (Å²) in [4.78, 5) is 43.9. The Bertz CT molecular complexity index is 1060. The van der Waals surface area contributed by atoms with Crippen molar-refractivity contribution in [3.05, 3.63) is 83.0 Å². The van der Waals surface area contributed by atoms with Gasteiger partial charge < -0.3 is 9.26 Å². The minimum Gasteiger partial charge on any atom is -0.454 e. The van der Waals surface area contributed by atoms with Gasteiger partial charge in [-0.05, 0) is 17.7 Å². The predicted molar refractivity (Wildman–Crippen MR) is 104 cm³/mol. The average Bonchev–Trinajstić information content (AvgIpc) is 3.34. The van der Waals surface area contributed by atoms with E-state index in [4.69, 9.17) is 9.26 Å². The van der Waals surface area contributed by atoms with Crippen molar-refractivity contribution < 1.29 is 23.6 Å². The van der Waals surface area contributed by atoms with Gasteiger partial charge in [0.1, 0.15) is 6.04 Å². The lowest BCUT2D eigenvalue weighted by atomic mass is 10.0. The summed E-state index contributed by atoms with van der Waals surface area (Å²) < 4.78 is 10.4. The second-order valence-corrected chi connectivity index (χ2v) is 6.80. The predicted octanol–water partition coefficient (Wildman–Crippen LogP) is 2.58. The number of carbonyl (C=O) groups is 3. The van der Waals surface area contributed by atoms with E-state index in [1.165, 1.54) is 0 Å². The molecule has 0 saturated carbocycles. The maximum atomic E-state index is 13.0. The number of aromatic nitrogens is 2. The number of ether oxygens (including phenoxy) is 1. The highest BCUT2D eigenvalue weighted by Crippen LogP contribution is 2.26. The highest BCUT2D eigenvalue weighted by atomic mass is 16.6. The van der Waals surface area contributed by atoms with Crippen molar-refractivity contribution in [3.8, 4) is 0 Å². The van der Waals surface area contributed by atoms with Gasteiger partial charge >= 0.3 is 5.97 Å². The van der Waals surface area contributed by atoms with Gasteiger partial charge in [0.2, 0.25) is 0 Å². The number of fused-ring (bicyclic) bond motifs is 1. The van der Waals surface area contributed by atoms with Gasteiger partial charge in [-0.15, -0.1) is 0 Å². The molecule has 2 aromatic carbocycles. The first kappa shape index (κ1) is 19.5. The molecule has 1 aliphatic rings. The third-order valence-corrected chi connectivity index (χ3v) is 4.85. The molecule has 8 heteroatoms. The molecule has 8 nitrogen and oxygen atoms in total. The van der Waals surface area contributed by atoms with Gasteiger partial charge in [0.05, 0.1) is 11.1 Å². The van der Waals surface area contributed by atoms with Crippen molar-refractivity contribution in [2.24, 2.45) is 0 Å². The highest BCUT2D eigenvalue weighted by molar-refractivity contribution is 6.22. The third kappa shape index (κ3) is 3.71. The molecule has 2 amide bonds. The van der Waals surface area contributed by atoms with Gasteiger partial charge in [0.25, 0.3) is 17.7 Å². The first-order valence-corrected chi connectivity index (χ1v) is 9.57. The number of hydrogen-bond donors (Lipinski definition) is 0. The summed E-state index contributed by atoms with van der Waals surface area (Å²) in [7, 11) is 0. The van der Waals surface area contributed by atoms with E-state index in [9.17, 15) is 14.4 Å². The van der Waals surface area contributed by atoms with E-state index >= 15 is 0 Å². The van der Waals surface area contributed by atoms with Crippen molar-refractivity contribution in [2.45, 2.75) is 32.4 Å². The minimum atomic E-state index is -1.12. The summed E-state index contributed by atoms with van der Waals surface area (Å²) in [6, 6.07) is 14.5. The summed E-state index contributed by atoms with van der Waals surface area (Å²) in [5.41, 5.74) is 1.35. The Balaban J connectivity index is 1.59. The third-order valence-electron chi connectivity index (χ3n) is 4.85. The van der Waals surface area contributed by atoms with Gasteiger partial charge in [-0.1, -0.05) is 54.5 Å². The van der Waals surface area contributed by atoms with E-state index in [0.717, 1.165) is 10.5 Å². The van der Waals surface area contributed by atoms with Crippen molar-refractivity contribution in [3.63, 3.8) is 0 Å². The van der Waals surface area contributed by atoms with Crippen molar-refractivity contribution in [1.29, 1.82) is 0 Å². The van der Waals surface area contributed by atoms with Gasteiger partial charge in [-0.25, -0.2) is 4.79 Å². The quantitative estimate of drug-likeness (QED) is 0.440. The number of imide groups is 1. The number of nitrogens with zero attached hydrogens (tertiary/aromatic N) is 3. The maximum Gasteiger partial charge on any atom is 0.330 e. The zero-order valence-corrected chi connectivity index (χ0v) is 16.3. The van der Waals surface area contributed by atoms with Crippen molar-refractivity contribution >= 4 is 17.8 Å². The van der Waals surface area contributed by atoms with Crippen LogP contribution in [0.1, 0.15) is 44.9 Å². The lowest BCUT2D eigenvalue weighted by molar-refractivity contribution is -0.150. The van der Waals surface area contributed by atoms with Crippen LogP contribution in [0, 0.1) is 0 Å². The highest BCUT2D eigenvalue weighted by Gasteiger charge is 2.43. The average molecular weight is 405 g/mol. The first-order valence-electron chi connectivity index (χ1n) is 9.57. The molecule has 152 valence electrons. The van der Waals surface area contributed by atoms with Crippen LogP contribution in [-0.2, 0) is 29.0 Å². The number of amides is 2. The fourth-order valence-corrected chi connectivity index (χ4v) is 3.33. The van der Waals surface area contributed by atoms with Crippen molar-refractivity contribution in [2.75, 3.05) is 0 Å². The van der Waals surface area contributed by atoms with Gasteiger partial charge in [-0.2, -0.15) is 4.98 Å². The second kappa shape index (κ2) is 8.28. The van der Waals surface area contributed by atoms with Crippen LogP contribution in [0.2, 0.25) is 0 Å². The van der Waals surface area contributed by atoms with Gasteiger partial charge in [-0.3, -0.25) is 14.5 Å². The first-order chi connectivity index (χ1) is 14.6. The van der Waals surface area contributed by atoms with Crippen molar-refractivity contribution in [1.82, 2.24) is 15.0 Å². The van der Waals surface area contributed by atoms with E-state index in [1.54, 1.807) is 24.3 Å². The van der Waals surface area contributed by atoms with Gasteiger partial charge in [0.15, 0.2) is 12.4 Å². The largest absolute Gasteiger partial charge is 0.454 e. The molecule has 0 unspecified atom stereocenters. The summed E-state index contributed by atoms with van der Waals surface area (Å²) >= 11 is 0. The summed E-state index contributed by atoms with van der Waals surface area (Å²) in [5, 5.41) is 3.76. The van der Waals surface area contributed by atoms with Crippen LogP contribution < -0.4 is 0 Å². The number of benzene rings is 2. The van der Waals surface area contributed by atoms with E-state index in [0.29, 0.717) is 12.2 Å². The Morgan fingerprint density at radius 1 is 1.03 bits per heavy atom. The molecule has 30 heavy (non-hydrogen) atoms. The lowest BCUT2D eigenvalue weighted by Gasteiger charge is -2.24. The number of hydrogen-bond acceptors (Lipinski definition) is 7. The van der Waals surface area contributed by atoms with Gasteiger partial charge in [0, 0.05) is 12.8 Å². The second-order valence-electron chi connectivity index (χ2n) is 6.80. The molecular weight excluding hydrogens is 386 g/mol. The molecule has 0 spiro atoms. The Morgan fingerprint density at radius 3 is 2.27 bits per heavy atom. The number of carbonyl (C=O) groups excluding carboxylic acids is 3. The molecular formula is C22H19N3O5. The molecule has 1 aromatic heterocycles. The van der Waals surface area contributed by atoms with Crippen LogP contribution >= 0.6 is 0 Å². The number of esters is 1. The molecule has 1 aliphatic heterocycles. The van der Waals surface area contributed by atoms with E-state index in [2.05, 4.69) is 10.1 Å².